The number of amides is 1. The molecule has 0 aliphatic heterocycles. The summed E-state index contributed by atoms with van der Waals surface area (Å²) in [6, 6.07) is 1.29. The highest BCUT2D eigenvalue weighted by molar-refractivity contribution is 5.93. The van der Waals surface area contributed by atoms with Gasteiger partial charge in [-0.25, -0.2) is 0 Å². The maximum Gasteiger partial charge on any atom is 0.256 e. The summed E-state index contributed by atoms with van der Waals surface area (Å²) >= 11 is 0. The highest BCUT2D eigenvalue weighted by atomic mass is 16.3. The largest absolute Gasteiger partial charge is 0.388 e. The highest BCUT2D eigenvalue weighted by Crippen LogP contribution is 2.15. The zero-order chi connectivity index (χ0) is 13.8. The van der Waals surface area contributed by atoms with Crippen LogP contribution in [0.1, 0.15) is 37.6 Å². The van der Waals surface area contributed by atoms with Gasteiger partial charge in [-0.15, -0.1) is 0 Å². The number of H-pyrrole nitrogens is 1. The smallest absolute Gasteiger partial charge is 0.256 e. The molecular weight excluding hydrogens is 232 g/mol. The van der Waals surface area contributed by atoms with Crippen molar-refractivity contribution in [3.05, 3.63) is 34.2 Å². The average molecular weight is 252 g/mol. The Morgan fingerprint density at radius 2 is 2.22 bits per heavy atom. The summed E-state index contributed by atoms with van der Waals surface area (Å²) < 4.78 is 0. The molecule has 0 saturated carbocycles. The maximum atomic E-state index is 11.8. The third-order valence-electron chi connectivity index (χ3n) is 2.55. The van der Waals surface area contributed by atoms with E-state index in [1.165, 1.54) is 18.5 Å². The van der Waals surface area contributed by atoms with Gasteiger partial charge in [-0.05, 0) is 19.3 Å². The fourth-order valence-corrected chi connectivity index (χ4v) is 1.91. The number of aliphatic hydroxyl groups is 1. The first kappa shape index (κ1) is 14.4. The molecule has 5 heteroatoms. The van der Waals surface area contributed by atoms with E-state index in [9.17, 15) is 14.7 Å². The normalized spacial score (nSPS) is 14.3. The van der Waals surface area contributed by atoms with Gasteiger partial charge >= 0.3 is 0 Å². The van der Waals surface area contributed by atoms with Crippen LogP contribution >= 0.6 is 0 Å². The van der Waals surface area contributed by atoms with Crippen LogP contribution in [0.4, 0.5) is 0 Å². The van der Waals surface area contributed by atoms with Crippen LogP contribution < -0.4 is 10.7 Å². The Kier molecular flexibility index (Phi) is 4.67. The predicted octanol–water partition coefficient (Wildman–Crippen LogP) is 0.902. The Bertz CT molecular complexity index is 463. The van der Waals surface area contributed by atoms with E-state index in [-0.39, 0.29) is 17.5 Å². The van der Waals surface area contributed by atoms with E-state index in [0.29, 0.717) is 12.3 Å². The van der Waals surface area contributed by atoms with Gasteiger partial charge in [0.25, 0.3) is 5.91 Å². The molecule has 0 spiro atoms. The van der Waals surface area contributed by atoms with Crippen molar-refractivity contribution in [3.8, 4) is 0 Å². The number of aromatic nitrogens is 1. The van der Waals surface area contributed by atoms with E-state index in [2.05, 4.69) is 10.3 Å². The molecule has 0 saturated heterocycles. The lowest BCUT2D eigenvalue weighted by Crippen LogP contribution is -2.42. The van der Waals surface area contributed by atoms with Crippen molar-refractivity contribution < 1.29 is 9.90 Å². The summed E-state index contributed by atoms with van der Waals surface area (Å²) in [6.07, 6.45) is 3.40. The number of pyridine rings is 1. The van der Waals surface area contributed by atoms with Gasteiger partial charge in [0.1, 0.15) is 5.56 Å². The van der Waals surface area contributed by atoms with E-state index >= 15 is 0 Å². The van der Waals surface area contributed by atoms with Gasteiger partial charge < -0.3 is 15.4 Å². The first-order valence-electron chi connectivity index (χ1n) is 5.99. The topological polar surface area (TPSA) is 82.2 Å². The molecule has 0 fully saturated rings. The van der Waals surface area contributed by atoms with Crippen LogP contribution in [0, 0.1) is 5.92 Å². The highest BCUT2D eigenvalue weighted by Gasteiger charge is 2.23. The first-order valence-corrected chi connectivity index (χ1v) is 5.99. The van der Waals surface area contributed by atoms with Crippen LogP contribution in [0.2, 0.25) is 0 Å². The third-order valence-corrected chi connectivity index (χ3v) is 2.55. The summed E-state index contributed by atoms with van der Waals surface area (Å²) in [5.74, 6) is -0.141. The summed E-state index contributed by atoms with van der Waals surface area (Å²) in [4.78, 5) is 25.9. The Morgan fingerprint density at radius 3 is 2.78 bits per heavy atom. The molecular formula is C13H20N2O3. The number of carbonyl (C=O) groups excluding carboxylic acids is 1. The number of hydrogen-bond acceptors (Lipinski definition) is 3. The number of nitrogens with one attached hydrogen (secondary N) is 2. The second-order valence-corrected chi connectivity index (χ2v) is 5.20. The molecule has 0 aliphatic rings. The SMILES string of the molecule is CC(C)CC(C)(O)CNC(=O)c1c[nH]ccc1=O. The fraction of sp³-hybridized carbons (Fsp3) is 0.538. The predicted molar refractivity (Wildman–Crippen MR) is 69.5 cm³/mol. The molecule has 5 nitrogen and oxygen atoms in total. The van der Waals surface area contributed by atoms with Crippen LogP contribution in [0.5, 0.6) is 0 Å². The van der Waals surface area contributed by atoms with E-state index in [0.717, 1.165) is 0 Å². The minimum atomic E-state index is -0.967. The second-order valence-electron chi connectivity index (χ2n) is 5.20. The van der Waals surface area contributed by atoms with E-state index < -0.39 is 11.5 Å². The molecule has 0 aromatic carbocycles. The molecule has 1 atom stereocenters. The Balaban J connectivity index is 2.62. The monoisotopic (exact) mass is 252 g/mol. The van der Waals surface area contributed by atoms with Crippen molar-refractivity contribution in [3.63, 3.8) is 0 Å². The lowest BCUT2D eigenvalue weighted by atomic mass is 9.94. The van der Waals surface area contributed by atoms with Crippen LogP contribution in [-0.2, 0) is 0 Å². The summed E-state index contributed by atoms with van der Waals surface area (Å²) in [7, 11) is 0. The van der Waals surface area contributed by atoms with Crippen molar-refractivity contribution in [2.24, 2.45) is 5.92 Å². The minimum absolute atomic E-state index is 0.0536. The summed E-state index contributed by atoms with van der Waals surface area (Å²) in [6.45, 7) is 5.79. The van der Waals surface area contributed by atoms with Gasteiger partial charge in [-0.3, -0.25) is 9.59 Å². The molecule has 1 aromatic rings. The van der Waals surface area contributed by atoms with Crippen molar-refractivity contribution in [1.82, 2.24) is 10.3 Å². The molecule has 18 heavy (non-hydrogen) atoms. The van der Waals surface area contributed by atoms with Crippen molar-refractivity contribution in [2.75, 3.05) is 6.54 Å². The van der Waals surface area contributed by atoms with Crippen LogP contribution in [0.3, 0.4) is 0 Å². The lowest BCUT2D eigenvalue weighted by molar-refractivity contribution is 0.0368. The van der Waals surface area contributed by atoms with Crippen LogP contribution in [-0.4, -0.2) is 28.1 Å². The molecule has 1 unspecified atom stereocenters. The zero-order valence-electron chi connectivity index (χ0n) is 11.0. The average Bonchev–Trinajstić information content (AvgIpc) is 2.25. The number of hydrogen-bond donors (Lipinski definition) is 3. The molecule has 100 valence electrons. The second kappa shape index (κ2) is 5.82. The lowest BCUT2D eigenvalue weighted by Gasteiger charge is -2.25. The molecule has 1 amide bonds. The van der Waals surface area contributed by atoms with Gasteiger partial charge in [0.15, 0.2) is 5.43 Å². The van der Waals surface area contributed by atoms with Gasteiger partial charge in [0.05, 0.1) is 5.60 Å². The fourth-order valence-electron chi connectivity index (χ4n) is 1.91. The summed E-state index contributed by atoms with van der Waals surface area (Å²) in [5.41, 5.74) is -1.25. The van der Waals surface area contributed by atoms with Crippen molar-refractivity contribution in [1.29, 1.82) is 0 Å². The molecule has 1 heterocycles. The molecule has 0 radical (unpaired) electrons. The Labute approximate surface area is 106 Å². The van der Waals surface area contributed by atoms with Crippen molar-refractivity contribution in [2.45, 2.75) is 32.8 Å². The third kappa shape index (κ3) is 4.33. The van der Waals surface area contributed by atoms with Crippen molar-refractivity contribution >= 4 is 5.91 Å². The Morgan fingerprint density at radius 1 is 1.56 bits per heavy atom. The van der Waals surface area contributed by atoms with Gasteiger partial charge in [-0.1, -0.05) is 13.8 Å². The number of rotatable bonds is 5. The minimum Gasteiger partial charge on any atom is -0.388 e. The van der Waals surface area contributed by atoms with Gasteiger partial charge in [0, 0.05) is 25.0 Å². The van der Waals surface area contributed by atoms with Gasteiger partial charge in [-0.2, -0.15) is 0 Å². The van der Waals surface area contributed by atoms with E-state index in [1.54, 1.807) is 6.92 Å². The standard InChI is InChI=1S/C13H20N2O3/c1-9(2)6-13(3,18)8-15-12(17)10-7-14-5-4-11(10)16/h4-5,7,9,18H,6,8H2,1-3H3,(H,14,16)(H,15,17). The zero-order valence-corrected chi connectivity index (χ0v) is 11.0. The first-order chi connectivity index (χ1) is 8.32. The molecule has 1 rings (SSSR count). The molecule has 0 bridgehead atoms. The summed E-state index contributed by atoms with van der Waals surface area (Å²) in [5, 5.41) is 12.6. The van der Waals surface area contributed by atoms with Crippen LogP contribution in [0.25, 0.3) is 0 Å². The molecule has 3 N–H and O–H groups in total. The molecule has 1 aromatic heterocycles. The van der Waals surface area contributed by atoms with Gasteiger partial charge in [0.2, 0.25) is 0 Å². The molecule has 0 aliphatic carbocycles. The van der Waals surface area contributed by atoms with Crippen LogP contribution in [0.15, 0.2) is 23.3 Å². The van der Waals surface area contributed by atoms with E-state index in [4.69, 9.17) is 0 Å². The number of carbonyl (C=O) groups is 1. The van der Waals surface area contributed by atoms with E-state index in [1.807, 2.05) is 13.8 Å². The number of aromatic amines is 1. The quantitative estimate of drug-likeness (QED) is 0.728. The Hall–Kier alpha value is -1.62. The maximum absolute atomic E-state index is 11.8.